The number of carbonyl (C=O) groups is 3. The van der Waals surface area contributed by atoms with E-state index in [1.165, 1.54) is 6.08 Å². The topological polar surface area (TPSA) is 156 Å². The highest BCUT2D eigenvalue weighted by Gasteiger charge is 2.40. The first kappa shape index (κ1) is 17.0. The fraction of sp³-hybridized carbons (Fsp3) is 0.333. The summed E-state index contributed by atoms with van der Waals surface area (Å²) in [7, 11) is 0. The Morgan fingerprint density at radius 2 is 1.47 bits per heavy atom. The van der Waals surface area contributed by atoms with Crippen molar-refractivity contribution >= 4 is 17.9 Å². The molecule has 0 aliphatic heterocycles. The molecule has 17 heavy (non-hydrogen) atoms. The normalized spacial score (nSPS) is 9.18. The quantitative estimate of drug-likeness (QED) is 0.470. The molecule has 0 saturated carbocycles. The zero-order valence-corrected chi connectivity index (χ0v) is 8.66. The van der Waals surface area contributed by atoms with Gasteiger partial charge in [0.05, 0.1) is 18.9 Å². The molecular formula is C9H11NO7. The number of nitriles is 1. The van der Waals surface area contributed by atoms with Crippen LogP contribution in [0.3, 0.4) is 0 Å². The Balaban J connectivity index is 0. The zero-order valence-electron chi connectivity index (χ0n) is 8.66. The van der Waals surface area contributed by atoms with Crippen LogP contribution in [0.15, 0.2) is 12.7 Å². The van der Waals surface area contributed by atoms with Crippen molar-refractivity contribution in [2.24, 2.45) is 0 Å². The third-order valence-electron chi connectivity index (χ3n) is 1.38. The van der Waals surface area contributed by atoms with Gasteiger partial charge in [0.2, 0.25) is 0 Å². The van der Waals surface area contributed by atoms with Gasteiger partial charge in [0, 0.05) is 6.08 Å². The van der Waals surface area contributed by atoms with Crippen molar-refractivity contribution in [3.05, 3.63) is 12.7 Å². The van der Waals surface area contributed by atoms with E-state index in [0.717, 1.165) is 0 Å². The number of allylic oxidation sites excluding steroid dienone is 1. The van der Waals surface area contributed by atoms with Crippen molar-refractivity contribution in [3.63, 3.8) is 0 Å². The molecule has 0 fully saturated rings. The lowest BCUT2D eigenvalue weighted by molar-refractivity contribution is -0.170. The van der Waals surface area contributed by atoms with Gasteiger partial charge in [-0.25, -0.2) is 4.79 Å². The van der Waals surface area contributed by atoms with Crippen molar-refractivity contribution in [2.75, 3.05) is 0 Å². The number of carboxylic acid groups (broad SMARTS) is 3. The van der Waals surface area contributed by atoms with Gasteiger partial charge in [-0.2, -0.15) is 5.26 Å². The third kappa shape index (κ3) is 8.59. The van der Waals surface area contributed by atoms with Crippen LogP contribution in [0.4, 0.5) is 0 Å². The third-order valence-corrected chi connectivity index (χ3v) is 1.38. The number of aliphatic carboxylic acids is 3. The summed E-state index contributed by atoms with van der Waals surface area (Å²) in [6.45, 7) is 3.12. The molecule has 0 aromatic carbocycles. The number of aliphatic hydroxyl groups is 1. The molecule has 0 atom stereocenters. The van der Waals surface area contributed by atoms with Crippen LogP contribution in [0.5, 0.6) is 0 Å². The molecular weight excluding hydrogens is 234 g/mol. The van der Waals surface area contributed by atoms with Crippen molar-refractivity contribution in [1.29, 1.82) is 5.26 Å². The molecule has 0 unspecified atom stereocenters. The first-order valence-corrected chi connectivity index (χ1v) is 4.09. The number of nitrogens with zero attached hydrogens (tertiary/aromatic N) is 1. The second-order valence-electron chi connectivity index (χ2n) is 2.81. The van der Waals surface area contributed by atoms with E-state index in [1.54, 1.807) is 6.07 Å². The van der Waals surface area contributed by atoms with Gasteiger partial charge in [0.25, 0.3) is 0 Å². The number of hydrogen-bond donors (Lipinski definition) is 4. The summed E-state index contributed by atoms with van der Waals surface area (Å²) in [5, 5.41) is 41.3. The summed E-state index contributed by atoms with van der Waals surface area (Å²) in [6.07, 6.45) is -1.11. The maximum Gasteiger partial charge on any atom is 0.336 e. The van der Waals surface area contributed by atoms with Crippen molar-refractivity contribution in [2.45, 2.75) is 18.4 Å². The largest absolute Gasteiger partial charge is 0.481 e. The van der Waals surface area contributed by atoms with E-state index in [-0.39, 0.29) is 0 Å². The van der Waals surface area contributed by atoms with Gasteiger partial charge in [-0.15, -0.1) is 0 Å². The molecule has 4 N–H and O–H groups in total. The number of hydrogen-bond acceptors (Lipinski definition) is 5. The molecule has 8 heteroatoms. The average Bonchev–Trinajstić information content (AvgIpc) is 2.15. The molecule has 0 rings (SSSR count). The highest BCUT2D eigenvalue weighted by molar-refractivity contribution is 5.88. The van der Waals surface area contributed by atoms with Gasteiger partial charge < -0.3 is 20.4 Å². The summed E-state index contributed by atoms with van der Waals surface area (Å²) < 4.78 is 0. The molecule has 0 aliphatic carbocycles. The smallest absolute Gasteiger partial charge is 0.336 e. The second kappa shape index (κ2) is 7.84. The molecule has 0 aromatic rings. The van der Waals surface area contributed by atoms with Crippen LogP contribution in [-0.2, 0) is 14.4 Å². The van der Waals surface area contributed by atoms with E-state index in [1.807, 2.05) is 0 Å². The number of carboxylic acids is 3. The van der Waals surface area contributed by atoms with E-state index in [0.29, 0.717) is 0 Å². The van der Waals surface area contributed by atoms with Gasteiger partial charge in [-0.1, -0.05) is 6.58 Å². The summed E-state index contributed by atoms with van der Waals surface area (Å²) in [4.78, 5) is 30.5. The Morgan fingerprint density at radius 1 is 1.18 bits per heavy atom. The highest BCUT2D eigenvalue weighted by Crippen LogP contribution is 2.15. The first-order chi connectivity index (χ1) is 7.69. The molecule has 94 valence electrons. The van der Waals surface area contributed by atoms with E-state index < -0.39 is 36.4 Å². The Labute approximate surface area is 96.0 Å². The standard InChI is InChI=1S/C6H8O7.C3H3N/c7-3(8)1-6(13,5(11)12)2-4(9)10;1-2-3-4/h13H,1-2H2,(H,7,8)(H,9,10)(H,11,12);2H,1H2. The fourth-order valence-corrected chi connectivity index (χ4v) is 0.714. The minimum atomic E-state index is -2.74. The molecule has 0 aliphatic rings. The fourth-order valence-electron chi connectivity index (χ4n) is 0.714. The highest BCUT2D eigenvalue weighted by atomic mass is 16.4. The maximum absolute atomic E-state index is 10.3. The lowest BCUT2D eigenvalue weighted by Crippen LogP contribution is -2.42. The van der Waals surface area contributed by atoms with Crippen LogP contribution in [0.2, 0.25) is 0 Å². The van der Waals surface area contributed by atoms with Crippen LogP contribution >= 0.6 is 0 Å². The van der Waals surface area contributed by atoms with Crippen molar-refractivity contribution in [1.82, 2.24) is 0 Å². The molecule has 0 spiro atoms. The molecule has 8 nitrogen and oxygen atoms in total. The van der Waals surface area contributed by atoms with Crippen molar-refractivity contribution < 1.29 is 34.8 Å². The zero-order chi connectivity index (χ0) is 14.1. The summed E-state index contributed by atoms with van der Waals surface area (Å²) >= 11 is 0. The molecule has 0 amide bonds. The predicted molar refractivity (Wildman–Crippen MR) is 52.9 cm³/mol. The monoisotopic (exact) mass is 245 g/mol. The van der Waals surface area contributed by atoms with Crippen LogP contribution in [-0.4, -0.2) is 43.9 Å². The van der Waals surface area contributed by atoms with Crippen LogP contribution in [0.25, 0.3) is 0 Å². The number of rotatable bonds is 5. The Kier molecular flexibility index (Phi) is 7.84. The predicted octanol–water partition coefficient (Wildman–Crippen LogP) is -0.553. The second-order valence-corrected chi connectivity index (χ2v) is 2.81. The van der Waals surface area contributed by atoms with E-state index >= 15 is 0 Å². The van der Waals surface area contributed by atoms with E-state index in [2.05, 4.69) is 6.58 Å². The Bertz CT molecular complexity index is 339. The van der Waals surface area contributed by atoms with E-state index in [9.17, 15) is 14.4 Å². The van der Waals surface area contributed by atoms with E-state index in [4.69, 9.17) is 25.7 Å². The minimum absolute atomic E-state index is 1.14. The first-order valence-electron chi connectivity index (χ1n) is 4.09. The van der Waals surface area contributed by atoms with Crippen molar-refractivity contribution in [3.8, 4) is 6.07 Å². The summed E-state index contributed by atoms with van der Waals surface area (Å²) in [6, 6.07) is 1.69. The van der Waals surface area contributed by atoms with Crippen LogP contribution in [0.1, 0.15) is 12.8 Å². The van der Waals surface area contributed by atoms with Gasteiger partial charge in [0.1, 0.15) is 0 Å². The molecule has 0 radical (unpaired) electrons. The van der Waals surface area contributed by atoms with Gasteiger partial charge >= 0.3 is 17.9 Å². The summed E-state index contributed by atoms with van der Waals surface area (Å²) in [5.74, 6) is -5.02. The maximum atomic E-state index is 10.3. The SMILES string of the molecule is C=CC#N.O=C(O)CC(O)(CC(=O)O)C(=O)O. The van der Waals surface area contributed by atoms with Crippen LogP contribution in [0, 0.1) is 11.3 Å². The van der Waals surface area contributed by atoms with Gasteiger partial charge in [-0.05, 0) is 0 Å². The minimum Gasteiger partial charge on any atom is -0.481 e. The molecule has 0 heterocycles. The molecule has 0 bridgehead atoms. The lowest BCUT2D eigenvalue weighted by atomic mass is 9.96. The Hall–Kier alpha value is -2.40. The molecule has 0 aromatic heterocycles. The van der Waals surface area contributed by atoms with Gasteiger partial charge in [0.15, 0.2) is 5.60 Å². The average molecular weight is 245 g/mol. The Morgan fingerprint density at radius 3 is 1.59 bits per heavy atom. The molecule has 0 saturated heterocycles. The lowest BCUT2D eigenvalue weighted by Gasteiger charge is -2.18. The van der Waals surface area contributed by atoms with Gasteiger partial charge in [-0.3, -0.25) is 9.59 Å². The van der Waals surface area contributed by atoms with Crippen LogP contribution < -0.4 is 0 Å². The summed E-state index contributed by atoms with van der Waals surface area (Å²) in [5.41, 5.74) is -2.74.